The predicted octanol–water partition coefficient (Wildman–Crippen LogP) is 2.14. The molecule has 80 valence electrons. The fourth-order valence-electron chi connectivity index (χ4n) is 1.16. The standard InChI is InChI=1S/C9H12N4S2/c1-6-5-14-8(13-6)2-3-11-9-12-4-7(10)15-9/h4-5H,2-3,10H2,1H3,(H,11,12). The summed E-state index contributed by atoms with van der Waals surface area (Å²) in [5.74, 6) is 0. The minimum absolute atomic E-state index is 0.739. The second kappa shape index (κ2) is 4.59. The van der Waals surface area contributed by atoms with Gasteiger partial charge in [0.15, 0.2) is 5.13 Å². The lowest BCUT2D eigenvalue weighted by atomic mass is 10.4. The average Bonchev–Trinajstić information content (AvgIpc) is 2.76. The van der Waals surface area contributed by atoms with Crippen LogP contribution in [0.15, 0.2) is 11.6 Å². The molecule has 0 saturated carbocycles. The van der Waals surface area contributed by atoms with Gasteiger partial charge in [-0.2, -0.15) is 0 Å². The van der Waals surface area contributed by atoms with Gasteiger partial charge in [0, 0.05) is 24.0 Å². The van der Waals surface area contributed by atoms with Crippen molar-refractivity contribution in [2.45, 2.75) is 13.3 Å². The van der Waals surface area contributed by atoms with E-state index in [0.717, 1.165) is 33.8 Å². The maximum absolute atomic E-state index is 5.57. The highest BCUT2D eigenvalue weighted by molar-refractivity contribution is 7.19. The first-order valence-electron chi connectivity index (χ1n) is 4.60. The van der Waals surface area contributed by atoms with Gasteiger partial charge in [0.25, 0.3) is 0 Å². The molecule has 0 amide bonds. The zero-order chi connectivity index (χ0) is 10.7. The zero-order valence-corrected chi connectivity index (χ0v) is 9.99. The van der Waals surface area contributed by atoms with Gasteiger partial charge >= 0.3 is 0 Å². The van der Waals surface area contributed by atoms with Gasteiger partial charge < -0.3 is 11.1 Å². The summed E-state index contributed by atoms with van der Waals surface area (Å²) in [6.45, 7) is 2.86. The third-order valence-corrected chi connectivity index (χ3v) is 3.62. The van der Waals surface area contributed by atoms with Gasteiger partial charge in [0.05, 0.1) is 11.2 Å². The van der Waals surface area contributed by atoms with E-state index in [1.165, 1.54) is 11.3 Å². The molecule has 4 nitrogen and oxygen atoms in total. The van der Waals surface area contributed by atoms with E-state index in [4.69, 9.17) is 5.73 Å². The van der Waals surface area contributed by atoms with Gasteiger partial charge in [0.2, 0.25) is 0 Å². The zero-order valence-electron chi connectivity index (χ0n) is 8.36. The van der Waals surface area contributed by atoms with Crippen LogP contribution in [0.4, 0.5) is 10.1 Å². The third kappa shape index (κ3) is 2.90. The van der Waals surface area contributed by atoms with Crippen molar-refractivity contribution >= 4 is 32.8 Å². The molecule has 0 aliphatic carbocycles. The SMILES string of the molecule is Cc1csc(CCNc2ncc(N)s2)n1. The first kappa shape index (κ1) is 10.4. The number of rotatable bonds is 4. The summed E-state index contributed by atoms with van der Waals surface area (Å²) >= 11 is 3.16. The van der Waals surface area contributed by atoms with Crippen LogP contribution in [0.3, 0.4) is 0 Å². The maximum atomic E-state index is 5.57. The van der Waals surface area contributed by atoms with Crippen molar-refractivity contribution in [2.75, 3.05) is 17.6 Å². The molecule has 0 radical (unpaired) electrons. The summed E-state index contributed by atoms with van der Waals surface area (Å²) in [6.07, 6.45) is 2.60. The van der Waals surface area contributed by atoms with Crippen LogP contribution in [0.2, 0.25) is 0 Å². The van der Waals surface area contributed by atoms with E-state index in [0.29, 0.717) is 0 Å². The fraction of sp³-hybridized carbons (Fsp3) is 0.333. The lowest BCUT2D eigenvalue weighted by Crippen LogP contribution is -2.04. The molecule has 2 rings (SSSR count). The Labute approximate surface area is 96.2 Å². The van der Waals surface area contributed by atoms with Crippen molar-refractivity contribution in [3.63, 3.8) is 0 Å². The fourth-order valence-corrected chi connectivity index (χ4v) is 2.55. The van der Waals surface area contributed by atoms with Crippen molar-refractivity contribution in [1.82, 2.24) is 9.97 Å². The van der Waals surface area contributed by atoms with E-state index < -0.39 is 0 Å². The number of aromatic nitrogens is 2. The van der Waals surface area contributed by atoms with Gasteiger partial charge in [-0.05, 0) is 6.92 Å². The number of nitrogen functional groups attached to an aromatic ring is 1. The van der Waals surface area contributed by atoms with E-state index in [1.807, 2.05) is 6.92 Å². The molecule has 3 N–H and O–H groups in total. The Bertz CT molecular complexity index is 395. The van der Waals surface area contributed by atoms with Gasteiger partial charge in [-0.25, -0.2) is 9.97 Å². The summed E-state index contributed by atoms with van der Waals surface area (Å²) < 4.78 is 0. The van der Waals surface area contributed by atoms with Crippen molar-refractivity contribution in [1.29, 1.82) is 0 Å². The lowest BCUT2D eigenvalue weighted by molar-refractivity contribution is 0.984. The normalized spacial score (nSPS) is 10.5. The molecule has 0 aliphatic rings. The summed E-state index contributed by atoms with van der Waals surface area (Å²) in [6, 6.07) is 0. The van der Waals surface area contributed by atoms with Gasteiger partial charge in [0.1, 0.15) is 5.00 Å². The first-order valence-corrected chi connectivity index (χ1v) is 6.30. The number of nitrogens with zero attached hydrogens (tertiary/aromatic N) is 2. The van der Waals surface area contributed by atoms with Gasteiger partial charge in [-0.15, -0.1) is 11.3 Å². The number of aryl methyl sites for hydroxylation is 1. The van der Waals surface area contributed by atoms with E-state index in [9.17, 15) is 0 Å². The maximum Gasteiger partial charge on any atom is 0.184 e. The van der Waals surface area contributed by atoms with E-state index in [1.54, 1.807) is 17.5 Å². The van der Waals surface area contributed by atoms with Crippen LogP contribution < -0.4 is 11.1 Å². The topological polar surface area (TPSA) is 63.8 Å². The second-order valence-corrected chi connectivity index (χ2v) is 5.13. The van der Waals surface area contributed by atoms with E-state index in [2.05, 4.69) is 20.7 Å². The number of hydrogen-bond donors (Lipinski definition) is 2. The summed E-state index contributed by atoms with van der Waals surface area (Å²) in [4.78, 5) is 8.50. The van der Waals surface area contributed by atoms with Crippen molar-refractivity contribution in [3.05, 3.63) is 22.3 Å². The van der Waals surface area contributed by atoms with Crippen LogP contribution in [0.5, 0.6) is 0 Å². The number of thiazole rings is 2. The highest BCUT2D eigenvalue weighted by Gasteiger charge is 2.00. The number of nitrogens with two attached hydrogens (primary N) is 1. The number of anilines is 2. The Morgan fingerprint density at radius 1 is 1.53 bits per heavy atom. The Kier molecular flexibility index (Phi) is 3.17. The van der Waals surface area contributed by atoms with E-state index >= 15 is 0 Å². The summed E-state index contributed by atoms with van der Waals surface area (Å²) in [5.41, 5.74) is 6.66. The second-order valence-electron chi connectivity index (χ2n) is 3.13. The largest absolute Gasteiger partial charge is 0.389 e. The quantitative estimate of drug-likeness (QED) is 0.859. The molecule has 0 unspecified atom stereocenters. The molecule has 6 heteroatoms. The molecule has 0 saturated heterocycles. The summed E-state index contributed by atoms with van der Waals surface area (Å²) in [7, 11) is 0. The number of nitrogens with one attached hydrogen (secondary N) is 1. The van der Waals surface area contributed by atoms with Crippen molar-refractivity contribution < 1.29 is 0 Å². The minimum Gasteiger partial charge on any atom is -0.389 e. The Balaban J connectivity index is 1.80. The minimum atomic E-state index is 0.739. The molecule has 2 heterocycles. The molecule has 0 atom stereocenters. The van der Waals surface area contributed by atoms with Crippen LogP contribution in [0.1, 0.15) is 10.7 Å². The highest BCUT2D eigenvalue weighted by atomic mass is 32.1. The van der Waals surface area contributed by atoms with Crippen LogP contribution >= 0.6 is 22.7 Å². The van der Waals surface area contributed by atoms with Crippen molar-refractivity contribution in [2.24, 2.45) is 0 Å². The highest BCUT2D eigenvalue weighted by Crippen LogP contribution is 2.19. The number of hydrogen-bond acceptors (Lipinski definition) is 6. The molecule has 0 spiro atoms. The molecular formula is C9H12N4S2. The molecular weight excluding hydrogens is 228 g/mol. The first-order chi connectivity index (χ1) is 7.24. The Morgan fingerprint density at radius 2 is 2.40 bits per heavy atom. The van der Waals surface area contributed by atoms with Crippen LogP contribution in [-0.4, -0.2) is 16.5 Å². The average molecular weight is 240 g/mol. The molecule has 15 heavy (non-hydrogen) atoms. The van der Waals surface area contributed by atoms with Gasteiger partial charge in [-0.3, -0.25) is 0 Å². The lowest BCUT2D eigenvalue weighted by Gasteiger charge is -1.98. The van der Waals surface area contributed by atoms with Gasteiger partial charge in [-0.1, -0.05) is 11.3 Å². The summed E-state index contributed by atoms with van der Waals surface area (Å²) in [5, 5.41) is 8.05. The molecule has 2 aromatic rings. The predicted molar refractivity (Wildman–Crippen MR) is 65.6 cm³/mol. The molecule has 0 aliphatic heterocycles. The van der Waals surface area contributed by atoms with Crippen LogP contribution in [-0.2, 0) is 6.42 Å². The molecule has 2 aromatic heterocycles. The Morgan fingerprint density at radius 3 is 3.00 bits per heavy atom. The van der Waals surface area contributed by atoms with Crippen LogP contribution in [0.25, 0.3) is 0 Å². The smallest absolute Gasteiger partial charge is 0.184 e. The van der Waals surface area contributed by atoms with Crippen molar-refractivity contribution in [3.8, 4) is 0 Å². The third-order valence-electron chi connectivity index (χ3n) is 1.81. The van der Waals surface area contributed by atoms with Crippen LogP contribution in [0, 0.1) is 6.92 Å². The molecule has 0 aromatic carbocycles. The molecule has 0 bridgehead atoms. The van der Waals surface area contributed by atoms with E-state index in [-0.39, 0.29) is 0 Å². The monoisotopic (exact) mass is 240 g/mol. The molecule has 0 fully saturated rings. The Hall–Kier alpha value is -1.14.